The van der Waals surface area contributed by atoms with Gasteiger partial charge in [0.05, 0.1) is 5.56 Å². The molecule has 2 fully saturated rings. The van der Waals surface area contributed by atoms with Crippen LogP contribution in [0.15, 0.2) is 18.2 Å². The maximum absolute atomic E-state index is 13.3. The fraction of sp³-hybridized carbons (Fsp3) is 0.588. The lowest BCUT2D eigenvalue weighted by Crippen LogP contribution is -2.45. The Morgan fingerprint density at radius 1 is 1.24 bits per heavy atom. The number of alkyl halides is 2. The number of rotatable bonds is 6. The Morgan fingerprint density at radius 2 is 1.92 bits per heavy atom. The van der Waals surface area contributed by atoms with Gasteiger partial charge in [-0.05, 0) is 50.3 Å². The van der Waals surface area contributed by atoms with Gasteiger partial charge >= 0.3 is 6.61 Å². The van der Waals surface area contributed by atoms with Crippen LogP contribution in [0, 0.1) is 11.7 Å². The van der Waals surface area contributed by atoms with Gasteiger partial charge in [-0.3, -0.25) is 4.79 Å². The average molecular weight is 379 g/mol. The lowest BCUT2D eigenvalue weighted by molar-refractivity contribution is -0.0504. The van der Waals surface area contributed by atoms with Crippen molar-refractivity contribution in [3.63, 3.8) is 0 Å². The van der Waals surface area contributed by atoms with Crippen molar-refractivity contribution in [3.05, 3.63) is 29.6 Å². The summed E-state index contributed by atoms with van der Waals surface area (Å²) in [6, 6.07) is 3.49. The molecule has 1 heterocycles. The van der Waals surface area contributed by atoms with Gasteiger partial charge in [-0.1, -0.05) is 0 Å². The molecular formula is C17H22ClF3N2O2. The maximum Gasteiger partial charge on any atom is 0.387 e. The third kappa shape index (κ3) is 5.51. The van der Waals surface area contributed by atoms with Gasteiger partial charge in [0.15, 0.2) is 0 Å². The van der Waals surface area contributed by atoms with E-state index in [1.165, 1.54) is 18.9 Å². The molecule has 1 saturated heterocycles. The third-order valence-corrected chi connectivity index (χ3v) is 4.56. The normalized spacial score (nSPS) is 18.2. The highest BCUT2D eigenvalue weighted by Crippen LogP contribution is 2.28. The van der Waals surface area contributed by atoms with Gasteiger partial charge in [-0.25, -0.2) is 4.39 Å². The summed E-state index contributed by atoms with van der Waals surface area (Å²) in [5.74, 6) is -0.724. The second kappa shape index (κ2) is 8.76. The summed E-state index contributed by atoms with van der Waals surface area (Å²) >= 11 is 0. The Hall–Kier alpha value is -1.47. The number of halogens is 4. The summed E-state index contributed by atoms with van der Waals surface area (Å²) in [4.78, 5) is 14.2. The summed E-state index contributed by atoms with van der Waals surface area (Å²) in [6.45, 7) is -0.974. The number of nitrogens with zero attached hydrogens (tertiary/aromatic N) is 1. The van der Waals surface area contributed by atoms with Crippen LogP contribution < -0.4 is 10.1 Å². The highest BCUT2D eigenvalue weighted by molar-refractivity contribution is 5.97. The van der Waals surface area contributed by atoms with Crippen LogP contribution in [0.25, 0.3) is 0 Å². The van der Waals surface area contributed by atoms with Crippen LogP contribution in [0.4, 0.5) is 13.2 Å². The van der Waals surface area contributed by atoms with Gasteiger partial charge in [-0.15, -0.1) is 12.4 Å². The minimum Gasteiger partial charge on any atom is -0.434 e. The highest BCUT2D eigenvalue weighted by atomic mass is 35.5. The molecular weight excluding hydrogens is 357 g/mol. The van der Waals surface area contributed by atoms with E-state index in [0.29, 0.717) is 19.1 Å². The molecule has 1 aliphatic heterocycles. The number of hydrogen-bond donors (Lipinski definition) is 1. The topological polar surface area (TPSA) is 41.6 Å². The Balaban J connectivity index is 0.00000225. The minimum absolute atomic E-state index is 0. The zero-order valence-corrected chi connectivity index (χ0v) is 14.5. The lowest BCUT2D eigenvalue weighted by atomic mass is 10.0. The van der Waals surface area contributed by atoms with Crippen LogP contribution in [0.5, 0.6) is 5.75 Å². The van der Waals surface area contributed by atoms with E-state index in [2.05, 4.69) is 10.1 Å². The summed E-state index contributed by atoms with van der Waals surface area (Å²) in [5, 5.41) is 3.52. The van der Waals surface area contributed by atoms with E-state index in [4.69, 9.17) is 0 Å². The number of nitrogens with one attached hydrogen (secondary N) is 1. The first kappa shape index (κ1) is 19.8. The Labute approximate surface area is 151 Å². The van der Waals surface area contributed by atoms with Crippen molar-refractivity contribution >= 4 is 18.3 Å². The highest BCUT2D eigenvalue weighted by Gasteiger charge is 2.28. The van der Waals surface area contributed by atoms with Gasteiger partial charge in [0.25, 0.3) is 5.91 Å². The number of piperidine rings is 1. The summed E-state index contributed by atoms with van der Waals surface area (Å²) in [7, 11) is 0. The summed E-state index contributed by atoms with van der Waals surface area (Å²) in [6.07, 6.45) is 4.24. The quantitative estimate of drug-likeness (QED) is 0.824. The van der Waals surface area contributed by atoms with Crippen LogP contribution in [-0.4, -0.2) is 43.1 Å². The van der Waals surface area contributed by atoms with Crippen LogP contribution in [0.3, 0.4) is 0 Å². The second-order valence-electron chi connectivity index (χ2n) is 6.44. The van der Waals surface area contributed by atoms with Crippen molar-refractivity contribution in [1.82, 2.24) is 10.2 Å². The smallest absolute Gasteiger partial charge is 0.387 e. The number of hydrogen-bond acceptors (Lipinski definition) is 3. The van der Waals surface area contributed by atoms with Crippen molar-refractivity contribution in [2.24, 2.45) is 5.92 Å². The van der Waals surface area contributed by atoms with Crippen LogP contribution >= 0.6 is 12.4 Å². The monoisotopic (exact) mass is 378 g/mol. The SMILES string of the molecule is Cl.O=C(c1ccc(F)cc1OC(F)F)N1CCC(NCC2CC2)CC1. The van der Waals surface area contributed by atoms with E-state index >= 15 is 0 Å². The third-order valence-electron chi connectivity index (χ3n) is 4.56. The van der Waals surface area contributed by atoms with Gasteiger partial charge < -0.3 is 15.0 Å². The van der Waals surface area contributed by atoms with Gasteiger partial charge in [-0.2, -0.15) is 8.78 Å². The second-order valence-corrected chi connectivity index (χ2v) is 6.44. The molecule has 2 aliphatic rings. The molecule has 1 aromatic rings. The average Bonchev–Trinajstić information content (AvgIpc) is 3.37. The standard InChI is InChI=1S/C17H21F3N2O2.ClH/c18-12-3-4-14(15(9-12)24-17(19)20)16(23)22-7-5-13(6-8-22)21-10-11-1-2-11;/h3-4,9,11,13,17,21H,1-2,5-8,10H2;1H. The fourth-order valence-electron chi connectivity index (χ4n) is 2.98. The van der Waals surface area contributed by atoms with Crippen molar-refractivity contribution in [2.45, 2.75) is 38.3 Å². The van der Waals surface area contributed by atoms with Crippen molar-refractivity contribution in [3.8, 4) is 5.75 Å². The zero-order valence-electron chi connectivity index (χ0n) is 13.7. The van der Waals surface area contributed by atoms with Crippen LogP contribution in [0.1, 0.15) is 36.0 Å². The minimum atomic E-state index is -3.10. The molecule has 0 unspecified atom stereocenters. The molecule has 25 heavy (non-hydrogen) atoms. The first-order valence-electron chi connectivity index (χ1n) is 8.30. The molecule has 1 N–H and O–H groups in total. The summed E-state index contributed by atoms with van der Waals surface area (Å²) < 4.78 is 42.5. The number of carbonyl (C=O) groups is 1. The van der Waals surface area contributed by atoms with Crippen LogP contribution in [0.2, 0.25) is 0 Å². The van der Waals surface area contributed by atoms with Gasteiger partial charge in [0.1, 0.15) is 11.6 Å². The van der Waals surface area contributed by atoms with E-state index in [0.717, 1.165) is 37.4 Å². The molecule has 0 bridgehead atoms. The fourth-order valence-corrected chi connectivity index (χ4v) is 2.98. The molecule has 3 rings (SSSR count). The summed E-state index contributed by atoms with van der Waals surface area (Å²) in [5.41, 5.74) is -0.0268. The molecule has 1 saturated carbocycles. The molecule has 0 aromatic heterocycles. The number of amides is 1. The number of carbonyl (C=O) groups excluding carboxylic acids is 1. The predicted octanol–water partition coefficient (Wildman–Crippen LogP) is 3.45. The molecule has 4 nitrogen and oxygen atoms in total. The van der Waals surface area contributed by atoms with Crippen molar-refractivity contribution in [1.29, 1.82) is 0 Å². The number of likely N-dealkylation sites (tertiary alicyclic amines) is 1. The molecule has 0 atom stereocenters. The maximum atomic E-state index is 13.3. The first-order chi connectivity index (χ1) is 11.5. The van der Waals surface area contributed by atoms with E-state index < -0.39 is 24.1 Å². The van der Waals surface area contributed by atoms with E-state index in [-0.39, 0.29) is 18.0 Å². The molecule has 1 aromatic carbocycles. The van der Waals surface area contributed by atoms with E-state index in [1.54, 1.807) is 4.90 Å². The predicted molar refractivity (Wildman–Crippen MR) is 89.9 cm³/mol. The van der Waals surface area contributed by atoms with Gasteiger partial charge in [0, 0.05) is 25.2 Å². The molecule has 0 spiro atoms. The van der Waals surface area contributed by atoms with Crippen molar-refractivity contribution in [2.75, 3.05) is 19.6 Å². The Morgan fingerprint density at radius 3 is 2.52 bits per heavy atom. The van der Waals surface area contributed by atoms with E-state index in [1.807, 2.05) is 0 Å². The van der Waals surface area contributed by atoms with Crippen LogP contribution in [-0.2, 0) is 0 Å². The largest absolute Gasteiger partial charge is 0.434 e. The molecule has 1 aliphatic carbocycles. The molecule has 1 amide bonds. The van der Waals surface area contributed by atoms with Gasteiger partial charge in [0.2, 0.25) is 0 Å². The lowest BCUT2D eigenvalue weighted by Gasteiger charge is -2.33. The Kier molecular flexibility index (Phi) is 6.95. The molecule has 140 valence electrons. The number of ether oxygens (including phenoxy) is 1. The van der Waals surface area contributed by atoms with Crippen molar-refractivity contribution < 1.29 is 22.7 Å². The molecule has 8 heteroatoms. The first-order valence-corrected chi connectivity index (χ1v) is 8.30. The van der Waals surface area contributed by atoms with E-state index in [9.17, 15) is 18.0 Å². The number of benzene rings is 1. The zero-order chi connectivity index (χ0) is 17.1. The Bertz CT molecular complexity index is 591. The molecule has 0 radical (unpaired) electrons.